The van der Waals surface area contributed by atoms with Crippen LogP contribution in [0.1, 0.15) is 51.4 Å². The van der Waals surface area contributed by atoms with Crippen LogP contribution in [-0.2, 0) is 0 Å². The van der Waals surface area contributed by atoms with Gasteiger partial charge in [0.2, 0.25) is 0 Å². The number of rotatable bonds is 27. The zero-order valence-corrected chi connectivity index (χ0v) is 22.2. The Balaban J connectivity index is 4.56. The van der Waals surface area contributed by atoms with E-state index in [1.54, 1.807) is 0 Å². The van der Waals surface area contributed by atoms with Gasteiger partial charge in [0.1, 0.15) is 0 Å². The molecule has 0 aliphatic rings. The van der Waals surface area contributed by atoms with E-state index < -0.39 is 0 Å². The normalized spacial score (nSPS) is 10.7. The van der Waals surface area contributed by atoms with Crippen LogP contribution in [0.25, 0.3) is 0 Å². The van der Waals surface area contributed by atoms with Crippen molar-refractivity contribution in [2.75, 3.05) is 91.6 Å². The molecule has 0 amide bonds. The number of hydrogen-bond acceptors (Lipinski definition) is 10. The third-order valence-corrected chi connectivity index (χ3v) is 5.70. The summed E-state index contributed by atoms with van der Waals surface area (Å²) in [7, 11) is 0. The van der Waals surface area contributed by atoms with E-state index in [2.05, 4.69) is 55.3 Å². The number of nitrogens with one attached hydrogen (secondary N) is 4. The first-order valence-corrected chi connectivity index (χ1v) is 13.5. The first-order valence-electron chi connectivity index (χ1n) is 13.5. The maximum Gasteiger partial charge on any atom is 0.0635 e. The van der Waals surface area contributed by atoms with Crippen molar-refractivity contribution in [3.05, 3.63) is 0 Å². The molecule has 0 heterocycles. The second-order valence-corrected chi connectivity index (χ2v) is 8.73. The van der Waals surface area contributed by atoms with Crippen LogP contribution in [0.15, 0.2) is 0 Å². The Morgan fingerprint density at radius 1 is 0.361 bits per heavy atom. The Morgan fingerprint density at radius 3 is 0.833 bits per heavy atom. The molecule has 0 saturated heterocycles. The molecule has 0 aromatic carbocycles. The smallest absolute Gasteiger partial charge is 0.0635 e. The maximum absolute atomic E-state index is 8.68. The molecule has 202 valence electrons. The van der Waals surface area contributed by atoms with Crippen molar-refractivity contribution in [3.8, 4) is 24.3 Å². The second kappa shape index (κ2) is 29.0. The highest BCUT2D eigenvalue weighted by atomic mass is 15.2. The van der Waals surface area contributed by atoms with Gasteiger partial charge in [-0.15, -0.1) is 0 Å². The van der Waals surface area contributed by atoms with Gasteiger partial charge >= 0.3 is 0 Å². The van der Waals surface area contributed by atoms with Gasteiger partial charge in [-0.1, -0.05) is 0 Å². The average Bonchev–Trinajstić information content (AvgIpc) is 2.89. The van der Waals surface area contributed by atoms with Gasteiger partial charge in [0.25, 0.3) is 0 Å². The lowest BCUT2D eigenvalue weighted by Gasteiger charge is -2.28. The predicted octanol–water partition coefficient (Wildman–Crippen LogP) is 1.16. The fraction of sp³-hybridized carbons (Fsp3) is 0.846. The van der Waals surface area contributed by atoms with Crippen LogP contribution in [0.5, 0.6) is 0 Å². The SMILES string of the molecule is N#CCCNCCCN(CCCNCCC#N)CCN(CCCNCCC#N)CCCNCCC#N. The topological polar surface area (TPSA) is 150 Å². The molecule has 0 aromatic rings. The van der Waals surface area contributed by atoms with E-state index in [0.29, 0.717) is 25.7 Å². The fourth-order valence-corrected chi connectivity index (χ4v) is 3.74. The molecule has 0 aliphatic heterocycles. The summed E-state index contributed by atoms with van der Waals surface area (Å²) in [5.74, 6) is 0. The van der Waals surface area contributed by atoms with E-state index >= 15 is 0 Å². The standard InChI is InChI=1S/C26H48N10/c27-9-1-13-31-17-5-21-35(22-6-18-32-14-2-10-28)25-26-36(23-7-19-33-15-3-11-29)24-8-20-34-16-4-12-30/h31-34H,1-8,13-26H2. The van der Waals surface area contributed by atoms with Crippen LogP contribution in [0.2, 0.25) is 0 Å². The number of hydrogen-bond donors (Lipinski definition) is 4. The molecule has 0 rings (SSSR count). The molecule has 4 N–H and O–H groups in total. The lowest BCUT2D eigenvalue weighted by molar-refractivity contribution is 0.196. The van der Waals surface area contributed by atoms with E-state index in [9.17, 15) is 0 Å². The molecule has 0 spiro atoms. The fourth-order valence-electron chi connectivity index (χ4n) is 3.74. The third-order valence-electron chi connectivity index (χ3n) is 5.70. The van der Waals surface area contributed by atoms with Gasteiger partial charge in [0.05, 0.1) is 24.3 Å². The van der Waals surface area contributed by atoms with Gasteiger partial charge in [-0.2, -0.15) is 21.0 Å². The molecule has 0 radical (unpaired) electrons. The van der Waals surface area contributed by atoms with Crippen molar-refractivity contribution < 1.29 is 0 Å². The lowest BCUT2D eigenvalue weighted by Crippen LogP contribution is -2.39. The van der Waals surface area contributed by atoms with Crippen molar-refractivity contribution in [1.82, 2.24) is 31.1 Å². The molecule has 10 heteroatoms. The van der Waals surface area contributed by atoms with Crippen molar-refractivity contribution in [3.63, 3.8) is 0 Å². The predicted molar refractivity (Wildman–Crippen MR) is 144 cm³/mol. The molecule has 0 aliphatic carbocycles. The monoisotopic (exact) mass is 500 g/mol. The summed E-state index contributed by atoms with van der Waals surface area (Å²) < 4.78 is 0. The summed E-state index contributed by atoms with van der Waals surface area (Å²) in [6, 6.07) is 8.67. The largest absolute Gasteiger partial charge is 0.316 e. The second-order valence-electron chi connectivity index (χ2n) is 8.73. The van der Waals surface area contributed by atoms with Gasteiger partial charge in [0, 0.05) is 65.0 Å². The summed E-state index contributed by atoms with van der Waals surface area (Å²) in [4.78, 5) is 5.06. The van der Waals surface area contributed by atoms with Gasteiger partial charge in [-0.3, -0.25) is 0 Å². The molecule has 10 nitrogen and oxygen atoms in total. The number of nitriles is 4. The lowest BCUT2D eigenvalue weighted by atomic mass is 10.2. The van der Waals surface area contributed by atoms with Crippen LogP contribution >= 0.6 is 0 Å². The minimum absolute atomic E-state index is 0.545. The van der Waals surface area contributed by atoms with E-state index in [1.165, 1.54) is 0 Å². The molecular formula is C26H48N10. The first-order chi connectivity index (χ1) is 17.8. The highest BCUT2D eigenvalue weighted by Gasteiger charge is 2.10. The quantitative estimate of drug-likeness (QED) is 0.121. The summed E-state index contributed by atoms with van der Waals surface area (Å²) >= 11 is 0. The van der Waals surface area contributed by atoms with Gasteiger partial charge < -0.3 is 31.1 Å². The molecular weight excluding hydrogens is 452 g/mol. The highest BCUT2D eigenvalue weighted by molar-refractivity contribution is 4.73. The number of nitrogens with zero attached hydrogens (tertiary/aromatic N) is 6. The molecule has 0 unspecified atom stereocenters. The van der Waals surface area contributed by atoms with Crippen LogP contribution in [0.4, 0.5) is 0 Å². The van der Waals surface area contributed by atoms with Gasteiger partial charge in [0.15, 0.2) is 0 Å². The highest BCUT2D eigenvalue weighted by Crippen LogP contribution is 2.00. The van der Waals surface area contributed by atoms with Crippen molar-refractivity contribution in [2.45, 2.75) is 51.4 Å². The Morgan fingerprint density at radius 2 is 0.611 bits per heavy atom. The minimum atomic E-state index is 0.545. The van der Waals surface area contributed by atoms with Crippen molar-refractivity contribution >= 4 is 0 Å². The van der Waals surface area contributed by atoms with E-state index in [1.807, 2.05) is 0 Å². The van der Waals surface area contributed by atoms with Crippen LogP contribution in [0.3, 0.4) is 0 Å². The summed E-state index contributed by atoms with van der Waals surface area (Å²) in [6.45, 7) is 12.8. The van der Waals surface area contributed by atoms with Gasteiger partial charge in [-0.05, 0) is 78.0 Å². The summed E-state index contributed by atoms with van der Waals surface area (Å²) in [5, 5.41) is 48.1. The molecule has 0 aromatic heterocycles. The zero-order valence-electron chi connectivity index (χ0n) is 22.2. The molecule has 36 heavy (non-hydrogen) atoms. The van der Waals surface area contributed by atoms with Gasteiger partial charge in [-0.25, -0.2) is 0 Å². The van der Waals surface area contributed by atoms with E-state index in [4.69, 9.17) is 21.0 Å². The first kappa shape index (κ1) is 33.7. The zero-order chi connectivity index (χ0) is 26.4. The Bertz CT molecular complexity index is 535. The molecule has 0 bridgehead atoms. The van der Waals surface area contributed by atoms with Crippen molar-refractivity contribution in [1.29, 1.82) is 21.0 Å². The summed E-state index contributed by atoms with van der Waals surface area (Å²) in [5.41, 5.74) is 0. The Kier molecular flexibility index (Phi) is 27.1. The molecule has 0 fully saturated rings. The maximum atomic E-state index is 8.68. The summed E-state index contributed by atoms with van der Waals surface area (Å²) in [6.07, 6.45) is 6.40. The minimum Gasteiger partial charge on any atom is -0.316 e. The van der Waals surface area contributed by atoms with Crippen LogP contribution in [0, 0.1) is 45.3 Å². The van der Waals surface area contributed by atoms with Crippen LogP contribution < -0.4 is 21.3 Å². The van der Waals surface area contributed by atoms with Crippen LogP contribution in [-0.4, -0.2) is 101 Å². The molecule has 0 saturated carbocycles. The third kappa shape index (κ3) is 24.8. The van der Waals surface area contributed by atoms with E-state index in [0.717, 1.165) is 117 Å². The van der Waals surface area contributed by atoms with E-state index in [-0.39, 0.29) is 0 Å². The molecule has 0 atom stereocenters. The Hall–Kier alpha value is -2.28. The Labute approximate surface area is 219 Å². The average molecular weight is 501 g/mol. The van der Waals surface area contributed by atoms with Crippen molar-refractivity contribution in [2.24, 2.45) is 0 Å².